The van der Waals surface area contributed by atoms with E-state index in [0.29, 0.717) is 25.1 Å². The molecule has 9 heteroatoms. The van der Waals surface area contributed by atoms with Crippen molar-refractivity contribution in [1.82, 2.24) is 19.8 Å². The third kappa shape index (κ3) is 4.44. The van der Waals surface area contributed by atoms with Crippen LogP contribution in [0.3, 0.4) is 0 Å². The number of hydrogen-bond donors (Lipinski definition) is 1. The second-order valence-corrected chi connectivity index (χ2v) is 9.84. The first kappa shape index (κ1) is 22.2. The summed E-state index contributed by atoms with van der Waals surface area (Å²) < 4.78 is 32.8. The van der Waals surface area contributed by atoms with Crippen molar-refractivity contribution in [1.29, 1.82) is 0 Å². The van der Waals surface area contributed by atoms with Gasteiger partial charge in [-0.25, -0.2) is 8.42 Å². The van der Waals surface area contributed by atoms with Gasteiger partial charge in [0.25, 0.3) is 0 Å². The van der Waals surface area contributed by atoms with Crippen LogP contribution in [0.15, 0.2) is 64.1 Å². The number of sulfonamides is 1. The number of amides is 1. The fraction of sp³-hybridized carbons (Fsp3) is 0.348. The van der Waals surface area contributed by atoms with Crippen molar-refractivity contribution in [2.24, 2.45) is 5.92 Å². The van der Waals surface area contributed by atoms with E-state index >= 15 is 0 Å². The average Bonchev–Trinajstić information content (AvgIpc) is 3.17. The van der Waals surface area contributed by atoms with Gasteiger partial charge in [-0.1, -0.05) is 41.6 Å². The first-order chi connectivity index (χ1) is 15.4. The van der Waals surface area contributed by atoms with Crippen molar-refractivity contribution in [3.05, 3.63) is 77.4 Å². The summed E-state index contributed by atoms with van der Waals surface area (Å²) in [6.45, 7) is 3.66. The Hall–Kier alpha value is -3.04. The minimum absolute atomic E-state index is 0.0919. The highest BCUT2D eigenvalue weighted by Gasteiger charge is 2.37. The predicted octanol–water partition coefficient (Wildman–Crippen LogP) is 2.99. The average molecular weight is 455 g/mol. The van der Waals surface area contributed by atoms with Crippen LogP contribution >= 0.6 is 0 Å². The maximum atomic E-state index is 13.3. The number of aromatic nitrogens is 2. The molecule has 2 aromatic heterocycles. The zero-order valence-electron chi connectivity index (χ0n) is 18.1. The van der Waals surface area contributed by atoms with Crippen LogP contribution in [0.2, 0.25) is 0 Å². The van der Waals surface area contributed by atoms with Gasteiger partial charge in [0.15, 0.2) is 5.76 Å². The molecule has 1 amide bonds. The number of benzene rings is 1. The molecule has 1 aromatic carbocycles. The number of aryl methyl sites for hydroxylation is 2. The minimum atomic E-state index is -3.79. The van der Waals surface area contributed by atoms with Crippen LogP contribution < -0.4 is 5.32 Å². The van der Waals surface area contributed by atoms with Crippen molar-refractivity contribution < 1.29 is 17.7 Å². The molecule has 0 spiro atoms. The van der Waals surface area contributed by atoms with Crippen LogP contribution in [0.1, 0.15) is 41.6 Å². The molecular weight excluding hydrogens is 428 g/mol. The molecule has 3 heterocycles. The summed E-state index contributed by atoms with van der Waals surface area (Å²) >= 11 is 0. The van der Waals surface area contributed by atoms with Crippen molar-refractivity contribution in [2.45, 2.75) is 37.6 Å². The molecule has 2 unspecified atom stereocenters. The van der Waals surface area contributed by atoms with Gasteiger partial charge < -0.3 is 9.84 Å². The topological polar surface area (TPSA) is 105 Å². The molecule has 3 aromatic rings. The highest BCUT2D eigenvalue weighted by atomic mass is 32.2. The van der Waals surface area contributed by atoms with Gasteiger partial charge >= 0.3 is 0 Å². The van der Waals surface area contributed by atoms with Crippen LogP contribution in [0.25, 0.3) is 0 Å². The Morgan fingerprint density at radius 2 is 1.91 bits per heavy atom. The number of carbonyl (C=O) groups is 1. The molecule has 0 radical (unpaired) electrons. The molecule has 1 aliphatic rings. The van der Waals surface area contributed by atoms with E-state index in [4.69, 9.17) is 4.52 Å². The van der Waals surface area contributed by atoms with Crippen LogP contribution in [0.5, 0.6) is 0 Å². The van der Waals surface area contributed by atoms with Gasteiger partial charge in [-0.15, -0.1) is 0 Å². The Labute approximate surface area is 187 Å². The van der Waals surface area contributed by atoms with Gasteiger partial charge in [-0.3, -0.25) is 9.78 Å². The molecule has 0 aliphatic carbocycles. The molecule has 0 saturated carbocycles. The SMILES string of the molecule is Cc1noc(C)c1S(=O)(=O)N1CCCC(C(=O)NC(c2ccccc2)c2ccccn2)C1. The summed E-state index contributed by atoms with van der Waals surface area (Å²) in [6, 6.07) is 14.8. The molecule has 2 atom stereocenters. The van der Waals surface area contributed by atoms with Gasteiger partial charge in [0.1, 0.15) is 10.6 Å². The molecule has 1 saturated heterocycles. The maximum absolute atomic E-state index is 13.3. The van der Waals surface area contributed by atoms with E-state index in [1.165, 1.54) is 4.31 Å². The maximum Gasteiger partial charge on any atom is 0.248 e. The zero-order valence-corrected chi connectivity index (χ0v) is 18.9. The predicted molar refractivity (Wildman–Crippen MR) is 118 cm³/mol. The van der Waals surface area contributed by atoms with Gasteiger partial charge in [0.05, 0.1) is 17.7 Å². The number of piperidine rings is 1. The largest absolute Gasteiger partial charge is 0.360 e. The van der Waals surface area contributed by atoms with E-state index < -0.39 is 22.0 Å². The molecule has 168 valence electrons. The summed E-state index contributed by atoms with van der Waals surface area (Å²) in [6.07, 6.45) is 2.90. The molecule has 0 bridgehead atoms. The van der Waals surface area contributed by atoms with Gasteiger partial charge in [-0.2, -0.15) is 4.31 Å². The lowest BCUT2D eigenvalue weighted by Gasteiger charge is -2.32. The Bertz CT molecular complexity index is 1120. The summed E-state index contributed by atoms with van der Waals surface area (Å²) in [5.41, 5.74) is 1.96. The van der Waals surface area contributed by atoms with E-state index in [2.05, 4.69) is 15.5 Å². The molecular formula is C23H26N4O4S. The lowest BCUT2D eigenvalue weighted by atomic mass is 9.96. The molecule has 1 N–H and O–H groups in total. The third-order valence-corrected chi connectivity index (χ3v) is 7.83. The van der Waals surface area contributed by atoms with E-state index in [1.807, 2.05) is 48.5 Å². The van der Waals surface area contributed by atoms with E-state index in [9.17, 15) is 13.2 Å². The second kappa shape index (κ2) is 9.22. The lowest BCUT2D eigenvalue weighted by Crippen LogP contribution is -2.46. The monoisotopic (exact) mass is 454 g/mol. The van der Waals surface area contributed by atoms with Crippen molar-refractivity contribution in [2.75, 3.05) is 13.1 Å². The zero-order chi connectivity index (χ0) is 22.7. The normalized spacial score (nSPS) is 18.2. The number of hydrogen-bond acceptors (Lipinski definition) is 6. The number of rotatable bonds is 6. The van der Waals surface area contributed by atoms with Crippen LogP contribution in [-0.4, -0.2) is 41.9 Å². The Kier molecular flexibility index (Phi) is 6.38. The number of carbonyl (C=O) groups excluding carboxylic acids is 1. The van der Waals surface area contributed by atoms with Gasteiger partial charge in [0.2, 0.25) is 15.9 Å². The fourth-order valence-electron chi connectivity index (χ4n) is 4.13. The van der Waals surface area contributed by atoms with Crippen molar-refractivity contribution >= 4 is 15.9 Å². The van der Waals surface area contributed by atoms with Crippen LogP contribution in [-0.2, 0) is 14.8 Å². The Morgan fingerprint density at radius 1 is 1.16 bits per heavy atom. The second-order valence-electron chi connectivity index (χ2n) is 7.96. The standard InChI is InChI=1S/C23H26N4O4S/c1-16-22(17(2)31-26-16)32(29,30)27-14-8-11-19(15-27)23(28)25-21(18-9-4-3-5-10-18)20-12-6-7-13-24-20/h3-7,9-10,12-13,19,21H,8,11,14-15H2,1-2H3,(H,25,28). The highest BCUT2D eigenvalue weighted by Crippen LogP contribution is 2.29. The summed E-state index contributed by atoms with van der Waals surface area (Å²) in [4.78, 5) is 17.8. The summed E-state index contributed by atoms with van der Waals surface area (Å²) in [7, 11) is -3.79. The number of nitrogens with zero attached hydrogens (tertiary/aromatic N) is 3. The first-order valence-electron chi connectivity index (χ1n) is 10.6. The van der Waals surface area contributed by atoms with Crippen molar-refractivity contribution in [3.8, 4) is 0 Å². The van der Waals surface area contributed by atoms with Gasteiger partial charge in [-0.05, 0) is 44.4 Å². The van der Waals surface area contributed by atoms with E-state index in [1.54, 1.807) is 20.0 Å². The Morgan fingerprint density at radius 3 is 2.56 bits per heavy atom. The molecule has 32 heavy (non-hydrogen) atoms. The lowest BCUT2D eigenvalue weighted by molar-refractivity contribution is -0.126. The van der Waals surface area contributed by atoms with E-state index in [-0.39, 0.29) is 23.1 Å². The first-order valence-corrected chi connectivity index (χ1v) is 12.0. The van der Waals surface area contributed by atoms with Crippen LogP contribution in [0.4, 0.5) is 0 Å². The highest BCUT2D eigenvalue weighted by molar-refractivity contribution is 7.89. The van der Waals surface area contributed by atoms with Crippen LogP contribution in [0, 0.1) is 19.8 Å². The quantitative estimate of drug-likeness (QED) is 0.614. The smallest absolute Gasteiger partial charge is 0.248 e. The fourth-order valence-corrected chi connectivity index (χ4v) is 5.94. The summed E-state index contributed by atoms with van der Waals surface area (Å²) in [5, 5.41) is 6.87. The number of nitrogens with one attached hydrogen (secondary N) is 1. The van der Waals surface area contributed by atoms with E-state index in [0.717, 1.165) is 11.3 Å². The third-order valence-electron chi connectivity index (χ3n) is 5.72. The number of pyridine rings is 1. The van der Waals surface area contributed by atoms with Gasteiger partial charge in [0, 0.05) is 19.3 Å². The summed E-state index contributed by atoms with van der Waals surface area (Å²) in [5.74, 6) is -0.398. The Balaban J connectivity index is 1.55. The molecule has 4 rings (SSSR count). The van der Waals surface area contributed by atoms with Crippen molar-refractivity contribution in [3.63, 3.8) is 0 Å². The minimum Gasteiger partial charge on any atom is -0.360 e. The molecule has 8 nitrogen and oxygen atoms in total. The molecule has 1 aliphatic heterocycles. The molecule has 1 fully saturated rings.